The van der Waals surface area contributed by atoms with Gasteiger partial charge in [0.1, 0.15) is 0 Å². The second-order valence-electron chi connectivity index (χ2n) is 4.09. The number of aromatic nitrogens is 1. The van der Waals surface area contributed by atoms with E-state index < -0.39 is 5.97 Å². The molecule has 1 heterocycles. The minimum atomic E-state index is -0.901. The highest BCUT2D eigenvalue weighted by Crippen LogP contribution is 2.23. The molecule has 1 aromatic heterocycles. The molecule has 0 bridgehead atoms. The summed E-state index contributed by atoms with van der Waals surface area (Å²) in [7, 11) is 0. The van der Waals surface area contributed by atoms with E-state index in [-0.39, 0.29) is 0 Å². The Hall–Kier alpha value is -1.90. The number of benzene rings is 1. The molecule has 3 heteroatoms. The molecule has 82 valence electrons. The van der Waals surface area contributed by atoms with Crippen LogP contribution in [0, 0.1) is 20.8 Å². The highest BCUT2D eigenvalue weighted by Gasteiger charge is 2.12. The Morgan fingerprint density at radius 3 is 2.50 bits per heavy atom. The molecule has 0 aliphatic rings. The van der Waals surface area contributed by atoms with Crippen LogP contribution in [0.25, 0.3) is 10.9 Å². The van der Waals surface area contributed by atoms with Gasteiger partial charge in [0.2, 0.25) is 0 Å². The minimum Gasteiger partial charge on any atom is -0.478 e. The van der Waals surface area contributed by atoms with E-state index in [1.807, 2.05) is 32.9 Å². The molecule has 0 radical (unpaired) electrons. The van der Waals surface area contributed by atoms with Crippen LogP contribution in [0.2, 0.25) is 0 Å². The number of fused-ring (bicyclic) bond motifs is 1. The van der Waals surface area contributed by atoms with Crippen LogP contribution in [-0.4, -0.2) is 16.1 Å². The lowest BCUT2D eigenvalue weighted by Gasteiger charge is -2.08. The van der Waals surface area contributed by atoms with Gasteiger partial charge in [-0.15, -0.1) is 0 Å². The summed E-state index contributed by atoms with van der Waals surface area (Å²) in [4.78, 5) is 15.6. The third-order valence-corrected chi connectivity index (χ3v) is 2.61. The van der Waals surface area contributed by atoms with Crippen LogP contribution in [-0.2, 0) is 0 Å². The van der Waals surface area contributed by atoms with E-state index in [0.717, 1.165) is 27.7 Å². The Morgan fingerprint density at radius 2 is 1.88 bits per heavy atom. The number of hydrogen-bond acceptors (Lipinski definition) is 2. The van der Waals surface area contributed by atoms with Crippen molar-refractivity contribution in [3.8, 4) is 0 Å². The fourth-order valence-electron chi connectivity index (χ4n) is 2.06. The summed E-state index contributed by atoms with van der Waals surface area (Å²) in [5.74, 6) is -0.901. The molecule has 2 aromatic rings. The monoisotopic (exact) mass is 215 g/mol. The first-order chi connectivity index (χ1) is 7.49. The second-order valence-corrected chi connectivity index (χ2v) is 4.09. The van der Waals surface area contributed by atoms with Gasteiger partial charge in [0.25, 0.3) is 0 Å². The Morgan fingerprint density at radius 1 is 1.19 bits per heavy atom. The summed E-state index contributed by atoms with van der Waals surface area (Å²) in [5, 5.41) is 9.91. The lowest BCUT2D eigenvalue weighted by Crippen LogP contribution is -2.01. The molecule has 0 fully saturated rings. The minimum absolute atomic E-state index is 0.333. The van der Waals surface area contributed by atoms with Crippen molar-refractivity contribution >= 4 is 16.9 Å². The number of aromatic carboxylic acids is 1. The third kappa shape index (κ3) is 1.65. The van der Waals surface area contributed by atoms with E-state index >= 15 is 0 Å². The highest BCUT2D eigenvalue weighted by molar-refractivity contribution is 6.04. The fraction of sp³-hybridized carbons (Fsp3) is 0.231. The predicted octanol–water partition coefficient (Wildman–Crippen LogP) is 2.86. The first-order valence-electron chi connectivity index (χ1n) is 5.11. The van der Waals surface area contributed by atoms with Gasteiger partial charge in [0.15, 0.2) is 0 Å². The van der Waals surface area contributed by atoms with Gasteiger partial charge >= 0.3 is 5.97 Å². The molecule has 0 saturated carbocycles. The molecular weight excluding hydrogens is 202 g/mol. The van der Waals surface area contributed by atoms with Crippen LogP contribution in [0.1, 0.15) is 27.2 Å². The maximum atomic E-state index is 11.2. The average molecular weight is 215 g/mol. The lowest BCUT2D eigenvalue weighted by atomic mass is 10.0. The van der Waals surface area contributed by atoms with Crippen molar-refractivity contribution < 1.29 is 9.90 Å². The molecule has 0 amide bonds. The van der Waals surface area contributed by atoms with Gasteiger partial charge in [-0.05, 0) is 44.0 Å². The Kier molecular flexibility index (Phi) is 2.38. The summed E-state index contributed by atoms with van der Waals surface area (Å²) < 4.78 is 0. The zero-order valence-corrected chi connectivity index (χ0v) is 9.53. The van der Waals surface area contributed by atoms with Gasteiger partial charge in [-0.1, -0.05) is 6.07 Å². The molecule has 2 rings (SSSR count). The first-order valence-corrected chi connectivity index (χ1v) is 5.11. The normalized spacial score (nSPS) is 10.7. The van der Waals surface area contributed by atoms with Gasteiger partial charge in [-0.2, -0.15) is 0 Å². The van der Waals surface area contributed by atoms with Gasteiger partial charge in [0, 0.05) is 11.1 Å². The van der Waals surface area contributed by atoms with Gasteiger partial charge in [-0.25, -0.2) is 4.79 Å². The van der Waals surface area contributed by atoms with Crippen molar-refractivity contribution in [2.75, 3.05) is 0 Å². The molecule has 0 aliphatic carbocycles. The molecule has 0 unspecified atom stereocenters. The maximum Gasteiger partial charge on any atom is 0.336 e. The molecule has 0 saturated heterocycles. The topological polar surface area (TPSA) is 50.2 Å². The largest absolute Gasteiger partial charge is 0.478 e. The number of pyridine rings is 1. The van der Waals surface area contributed by atoms with Gasteiger partial charge in [0.05, 0.1) is 11.1 Å². The zero-order valence-electron chi connectivity index (χ0n) is 9.53. The highest BCUT2D eigenvalue weighted by atomic mass is 16.4. The SMILES string of the molecule is Cc1cc(C)c2c(C(=O)O)cc(C)nc2c1. The van der Waals surface area contributed by atoms with Gasteiger partial charge in [-0.3, -0.25) is 4.98 Å². The molecule has 0 atom stereocenters. The number of hydrogen-bond donors (Lipinski definition) is 1. The molecule has 1 aromatic carbocycles. The van der Waals surface area contributed by atoms with Crippen molar-refractivity contribution in [3.63, 3.8) is 0 Å². The van der Waals surface area contributed by atoms with Crippen LogP contribution >= 0.6 is 0 Å². The number of carbonyl (C=O) groups is 1. The summed E-state index contributed by atoms with van der Waals surface area (Å²) in [6.07, 6.45) is 0. The number of nitrogens with zero attached hydrogens (tertiary/aromatic N) is 1. The summed E-state index contributed by atoms with van der Waals surface area (Å²) in [5.41, 5.74) is 3.88. The Bertz CT molecular complexity index is 583. The van der Waals surface area contributed by atoms with E-state index in [9.17, 15) is 9.90 Å². The van der Waals surface area contributed by atoms with Crippen molar-refractivity contribution in [2.45, 2.75) is 20.8 Å². The number of aryl methyl sites for hydroxylation is 3. The smallest absolute Gasteiger partial charge is 0.336 e. The van der Waals surface area contributed by atoms with Crippen LogP contribution in [0.15, 0.2) is 18.2 Å². The van der Waals surface area contributed by atoms with Crippen LogP contribution in [0.5, 0.6) is 0 Å². The van der Waals surface area contributed by atoms with E-state index in [1.165, 1.54) is 0 Å². The second kappa shape index (κ2) is 3.59. The molecule has 1 N–H and O–H groups in total. The summed E-state index contributed by atoms with van der Waals surface area (Å²) in [6.45, 7) is 5.71. The maximum absolute atomic E-state index is 11.2. The number of carboxylic acid groups (broad SMARTS) is 1. The predicted molar refractivity (Wildman–Crippen MR) is 62.9 cm³/mol. The fourth-order valence-corrected chi connectivity index (χ4v) is 2.06. The lowest BCUT2D eigenvalue weighted by molar-refractivity contribution is 0.0699. The van der Waals surface area contributed by atoms with Crippen LogP contribution in [0.3, 0.4) is 0 Å². The number of rotatable bonds is 1. The van der Waals surface area contributed by atoms with Crippen LogP contribution < -0.4 is 0 Å². The Labute approximate surface area is 93.7 Å². The van der Waals surface area contributed by atoms with Crippen molar-refractivity contribution in [2.24, 2.45) is 0 Å². The first kappa shape index (κ1) is 10.6. The quantitative estimate of drug-likeness (QED) is 0.795. The van der Waals surface area contributed by atoms with Crippen molar-refractivity contribution in [1.82, 2.24) is 4.98 Å². The van der Waals surface area contributed by atoms with Crippen LogP contribution in [0.4, 0.5) is 0 Å². The summed E-state index contributed by atoms with van der Waals surface area (Å²) in [6, 6.07) is 5.51. The molecule has 0 spiro atoms. The van der Waals surface area contributed by atoms with Gasteiger partial charge < -0.3 is 5.11 Å². The molecule has 3 nitrogen and oxygen atoms in total. The number of carboxylic acids is 1. The molecule has 0 aliphatic heterocycles. The molecule has 16 heavy (non-hydrogen) atoms. The van der Waals surface area contributed by atoms with E-state index in [2.05, 4.69) is 4.98 Å². The van der Waals surface area contributed by atoms with Crippen molar-refractivity contribution in [1.29, 1.82) is 0 Å². The summed E-state index contributed by atoms with van der Waals surface area (Å²) >= 11 is 0. The third-order valence-electron chi connectivity index (χ3n) is 2.61. The van der Waals surface area contributed by atoms with E-state index in [0.29, 0.717) is 5.56 Å². The zero-order chi connectivity index (χ0) is 11.9. The Balaban J connectivity index is 2.95. The molecular formula is C13H13NO2. The average Bonchev–Trinajstić information content (AvgIpc) is 2.14. The van der Waals surface area contributed by atoms with E-state index in [4.69, 9.17) is 0 Å². The standard InChI is InChI=1S/C13H13NO2/c1-7-4-8(2)12-10(13(15)16)6-9(3)14-11(12)5-7/h4-6H,1-3H3,(H,15,16). The van der Waals surface area contributed by atoms with E-state index in [1.54, 1.807) is 6.07 Å². The van der Waals surface area contributed by atoms with Crippen molar-refractivity contribution in [3.05, 3.63) is 40.6 Å².